The van der Waals surface area contributed by atoms with Crippen LogP contribution in [0.3, 0.4) is 0 Å². The molecule has 1 aromatic rings. The molecule has 3 N–H and O–H groups in total. The molecule has 0 spiro atoms. The minimum absolute atomic E-state index is 0.171. The number of aromatic hydroxyl groups is 1. The van der Waals surface area contributed by atoms with Gasteiger partial charge in [-0.3, -0.25) is 4.98 Å². The average Bonchev–Trinajstić information content (AvgIpc) is 2.66. The number of aliphatic imine (C=N–C) groups is 1. The lowest BCUT2D eigenvalue weighted by Crippen LogP contribution is -2.38. The maximum Gasteiger partial charge on any atom is 0.191 e. The van der Waals surface area contributed by atoms with Crippen LogP contribution in [0.2, 0.25) is 0 Å². The van der Waals surface area contributed by atoms with Gasteiger partial charge in [0.05, 0.1) is 6.54 Å². The summed E-state index contributed by atoms with van der Waals surface area (Å²) in [6, 6.07) is 3.31. The van der Waals surface area contributed by atoms with Crippen molar-refractivity contribution in [2.24, 2.45) is 10.7 Å². The number of hydrogen-bond donors (Lipinski definition) is 2. The number of hydrogen-bond acceptors (Lipinski definition) is 3. The first-order valence-corrected chi connectivity index (χ1v) is 6.45. The maximum absolute atomic E-state index is 9.59. The quantitative estimate of drug-likeness (QED) is 0.614. The van der Waals surface area contributed by atoms with E-state index in [1.54, 1.807) is 18.3 Å². The van der Waals surface area contributed by atoms with Gasteiger partial charge in [0.2, 0.25) is 0 Å². The highest BCUT2D eigenvalue weighted by Gasteiger charge is 2.11. The molecular weight excluding hydrogens is 228 g/mol. The summed E-state index contributed by atoms with van der Waals surface area (Å²) in [7, 11) is 0. The third-order valence-electron chi connectivity index (χ3n) is 3.19. The van der Waals surface area contributed by atoms with E-state index in [0.717, 1.165) is 13.1 Å². The molecule has 0 amide bonds. The molecule has 0 saturated carbocycles. The van der Waals surface area contributed by atoms with Crippen LogP contribution >= 0.6 is 0 Å². The second kappa shape index (κ2) is 6.23. The lowest BCUT2D eigenvalue weighted by atomic mass is 10.2. The highest BCUT2D eigenvalue weighted by atomic mass is 16.3. The van der Waals surface area contributed by atoms with E-state index in [2.05, 4.69) is 14.9 Å². The Morgan fingerprint density at radius 1 is 1.33 bits per heavy atom. The molecule has 5 nitrogen and oxygen atoms in total. The Kier molecular flexibility index (Phi) is 4.39. The lowest BCUT2D eigenvalue weighted by molar-refractivity contribution is 0.427. The Hall–Kier alpha value is -1.78. The summed E-state index contributed by atoms with van der Waals surface area (Å²) in [5, 5.41) is 9.59. The van der Waals surface area contributed by atoms with Crippen molar-refractivity contribution in [3.63, 3.8) is 0 Å². The molecule has 2 rings (SSSR count). The van der Waals surface area contributed by atoms with E-state index in [0.29, 0.717) is 18.2 Å². The number of likely N-dealkylation sites (tertiary alicyclic amines) is 1. The summed E-state index contributed by atoms with van der Waals surface area (Å²) in [5.74, 6) is 0.729. The number of nitrogens with two attached hydrogens (primary N) is 1. The van der Waals surface area contributed by atoms with Gasteiger partial charge in [-0.1, -0.05) is 12.8 Å². The van der Waals surface area contributed by atoms with Gasteiger partial charge in [0, 0.05) is 19.3 Å². The monoisotopic (exact) mass is 248 g/mol. The molecular formula is C13H20N4O. The van der Waals surface area contributed by atoms with Crippen molar-refractivity contribution in [2.75, 3.05) is 13.1 Å². The van der Waals surface area contributed by atoms with Crippen molar-refractivity contribution in [2.45, 2.75) is 32.2 Å². The van der Waals surface area contributed by atoms with Gasteiger partial charge in [-0.25, -0.2) is 4.99 Å². The van der Waals surface area contributed by atoms with Crippen molar-refractivity contribution >= 4 is 5.96 Å². The Bertz CT molecular complexity index is 411. The fourth-order valence-corrected chi connectivity index (χ4v) is 2.11. The Balaban J connectivity index is 1.97. The lowest BCUT2D eigenvalue weighted by Gasteiger charge is -2.21. The number of guanidine groups is 1. The molecule has 2 heterocycles. The zero-order chi connectivity index (χ0) is 12.8. The van der Waals surface area contributed by atoms with Crippen LogP contribution < -0.4 is 5.73 Å². The molecule has 0 bridgehead atoms. The smallest absolute Gasteiger partial charge is 0.191 e. The molecule has 0 radical (unpaired) electrons. The minimum atomic E-state index is 0.171. The summed E-state index contributed by atoms with van der Waals surface area (Å²) >= 11 is 0. The van der Waals surface area contributed by atoms with E-state index in [-0.39, 0.29) is 5.75 Å². The molecule has 1 aliphatic rings. The Morgan fingerprint density at radius 2 is 2.06 bits per heavy atom. The number of aromatic nitrogens is 1. The third-order valence-corrected chi connectivity index (χ3v) is 3.19. The molecule has 18 heavy (non-hydrogen) atoms. The van der Waals surface area contributed by atoms with Crippen LogP contribution in [-0.2, 0) is 6.54 Å². The first-order valence-electron chi connectivity index (χ1n) is 6.45. The van der Waals surface area contributed by atoms with Gasteiger partial charge in [0.1, 0.15) is 11.4 Å². The predicted octanol–water partition coefficient (Wildman–Crippen LogP) is 1.48. The normalized spacial score (nSPS) is 17.6. The van der Waals surface area contributed by atoms with Crippen molar-refractivity contribution in [1.29, 1.82) is 0 Å². The molecule has 0 unspecified atom stereocenters. The van der Waals surface area contributed by atoms with Crippen LogP contribution in [0.25, 0.3) is 0 Å². The second-order valence-electron chi connectivity index (χ2n) is 4.54. The molecule has 1 saturated heterocycles. The van der Waals surface area contributed by atoms with Crippen LogP contribution in [0.4, 0.5) is 0 Å². The highest BCUT2D eigenvalue weighted by Crippen LogP contribution is 2.14. The molecule has 98 valence electrons. The van der Waals surface area contributed by atoms with E-state index in [4.69, 9.17) is 5.73 Å². The van der Waals surface area contributed by atoms with Crippen LogP contribution in [0.5, 0.6) is 5.75 Å². The standard InChI is InChI=1S/C13H20N4O/c14-13(17-8-3-1-2-4-9-17)16-10-11-12(18)6-5-7-15-11/h5-7,18H,1-4,8-10H2,(H2,14,16). The predicted molar refractivity (Wildman–Crippen MR) is 71.3 cm³/mol. The van der Waals surface area contributed by atoms with E-state index in [1.165, 1.54) is 25.7 Å². The van der Waals surface area contributed by atoms with Gasteiger partial charge < -0.3 is 15.7 Å². The molecule has 0 aromatic carbocycles. The van der Waals surface area contributed by atoms with Gasteiger partial charge in [-0.2, -0.15) is 0 Å². The highest BCUT2D eigenvalue weighted by molar-refractivity contribution is 5.78. The molecule has 1 aromatic heterocycles. The van der Waals surface area contributed by atoms with Gasteiger partial charge in [-0.05, 0) is 25.0 Å². The summed E-state index contributed by atoms with van der Waals surface area (Å²) in [4.78, 5) is 10.5. The number of pyridine rings is 1. The van der Waals surface area contributed by atoms with Gasteiger partial charge >= 0.3 is 0 Å². The van der Waals surface area contributed by atoms with Crippen molar-refractivity contribution in [3.05, 3.63) is 24.0 Å². The molecule has 0 aliphatic carbocycles. The topological polar surface area (TPSA) is 74.7 Å². The third kappa shape index (κ3) is 3.35. The summed E-state index contributed by atoms with van der Waals surface area (Å²) < 4.78 is 0. The Labute approximate surface area is 107 Å². The van der Waals surface area contributed by atoms with Crippen molar-refractivity contribution in [3.8, 4) is 5.75 Å². The van der Waals surface area contributed by atoms with Crippen LogP contribution in [-0.4, -0.2) is 34.0 Å². The maximum atomic E-state index is 9.59. The first-order chi connectivity index (χ1) is 8.77. The van der Waals surface area contributed by atoms with E-state index >= 15 is 0 Å². The average molecular weight is 248 g/mol. The number of rotatable bonds is 2. The van der Waals surface area contributed by atoms with E-state index < -0.39 is 0 Å². The summed E-state index contributed by atoms with van der Waals surface area (Å²) in [6.07, 6.45) is 6.53. The largest absolute Gasteiger partial charge is 0.506 e. The fourth-order valence-electron chi connectivity index (χ4n) is 2.11. The van der Waals surface area contributed by atoms with Crippen molar-refractivity contribution in [1.82, 2.24) is 9.88 Å². The van der Waals surface area contributed by atoms with Gasteiger partial charge in [0.15, 0.2) is 5.96 Å². The van der Waals surface area contributed by atoms with Crippen LogP contribution in [0.1, 0.15) is 31.4 Å². The van der Waals surface area contributed by atoms with E-state index in [9.17, 15) is 5.11 Å². The van der Waals surface area contributed by atoms with E-state index in [1.807, 2.05) is 0 Å². The molecule has 1 aliphatic heterocycles. The fraction of sp³-hybridized carbons (Fsp3) is 0.538. The molecule has 5 heteroatoms. The second-order valence-corrected chi connectivity index (χ2v) is 4.54. The SMILES string of the molecule is NC(=NCc1ncccc1O)N1CCCCCC1. The van der Waals surface area contributed by atoms with Gasteiger partial charge in [0.25, 0.3) is 0 Å². The van der Waals surface area contributed by atoms with Crippen LogP contribution in [0.15, 0.2) is 23.3 Å². The zero-order valence-corrected chi connectivity index (χ0v) is 10.5. The van der Waals surface area contributed by atoms with Crippen LogP contribution in [0, 0.1) is 0 Å². The first kappa shape index (κ1) is 12.7. The summed E-state index contributed by atoms with van der Waals surface area (Å²) in [5.41, 5.74) is 6.55. The molecule has 1 fully saturated rings. The summed E-state index contributed by atoms with van der Waals surface area (Å²) in [6.45, 7) is 2.28. The van der Waals surface area contributed by atoms with Crippen molar-refractivity contribution < 1.29 is 5.11 Å². The minimum Gasteiger partial charge on any atom is -0.506 e. The molecule has 0 atom stereocenters. The van der Waals surface area contributed by atoms with Gasteiger partial charge in [-0.15, -0.1) is 0 Å². The Morgan fingerprint density at radius 3 is 2.72 bits per heavy atom. The zero-order valence-electron chi connectivity index (χ0n) is 10.5. The number of nitrogens with zero attached hydrogens (tertiary/aromatic N) is 3.